The molecule has 0 aliphatic heterocycles. The number of ketones is 1. The minimum atomic E-state index is -0.548. The number of benzene rings is 1. The van der Waals surface area contributed by atoms with Crippen LogP contribution in [0.2, 0.25) is 0 Å². The molecule has 0 fully saturated rings. The monoisotopic (exact) mass is 318 g/mol. The summed E-state index contributed by atoms with van der Waals surface area (Å²) in [6, 6.07) is 3.85. The molecule has 2 N–H and O–H groups in total. The van der Waals surface area contributed by atoms with Gasteiger partial charge in [-0.15, -0.1) is 0 Å². The maximum absolute atomic E-state index is 11.4. The van der Waals surface area contributed by atoms with E-state index in [4.69, 9.17) is 0 Å². The lowest BCUT2D eigenvalue weighted by molar-refractivity contribution is -0.384. The Morgan fingerprint density at radius 1 is 1.52 bits per heavy atom. The first-order valence-electron chi connectivity index (χ1n) is 7.05. The number of aromatic nitrogens is 2. The Labute approximate surface area is 132 Å². The van der Waals surface area contributed by atoms with Crippen molar-refractivity contribution in [2.45, 2.75) is 19.4 Å². The molecular weight excluding hydrogens is 300 g/mol. The first-order chi connectivity index (χ1) is 10.9. The summed E-state index contributed by atoms with van der Waals surface area (Å²) >= 11 is 0. The molecule has 8 nitrogen and oxygen atoms in total. The van der Waals surface area contributed by atoms with E-state index in [1.165, 1.54) is 25.1 Å². The summed E-state index contributed by atoms with van der Waals surface area (Å²) in [5, 5.41) is 27.7. The number of hydrogen-bond acceptors (Lipinski definition) is 6. The molecule has 0 saturated heterocycles. The number of Topliss-reactive ketones (excluding diaryl/α,β-unsaturated/α-hetero) is 1. The van der Waals surface area contributed by atoms with E-state index in [9.17, 15) is 20.0 Å². The molecule has 1 atom stereocenters. The standard InChI is InChI=1S/C15H18N4O4/c1-10(21)12-3-4-14(15(6-12)19(22)23)17-13(9-20)5-11-7-16-18(2)8-11/h3-4,6-8,13,17,20H,5,9H2,1-2H3. The predicted molar refractivity (Wildman–Crippen MR) is 84.5 cm³/mol. The number of aliphatic hydroxyl groups is 1. The van der Waals surface area contributed by atoms with Gasteiger partial charge in [0.1, 0.15) is 5.69 Å². The Bertz CT molecular complexity index is 726. The number of carbonyl (C=O) groups excluding carboxylic acids is 1. The van der Waals surface area contributed by atoms with Crippen molar-refractivity contribution in [1.29, 1.82) is 0 Å². The van der Waals surface area contributed by atoms with Crippen molar-refractivity contribution in [2.75, 3.05) is 11.9 Å². The third-order valence-electron chi connectivity index (χ3n) is 3.42. The third kappa shape index (κ3) is 4.13. The molecule has 0 aliphatic rings. The van der Waals surface area contributed by atoms with E-state index in [0.29, 0.717) is 6.42 Å². The van der Waals surface area contributed by atoms with Gasteiger partial charge in [-0.25, -0.2) is 0 Å². The Balaban J connectivity index is 2.22. The molecule has 23 heavy (non-hydrogen) atoms. The Hall–Kier alpha value is -2.74. The van der Waals surface area contributed by atoms with Crippen LogP contribution in [0, 0.1) is 10.1 Å². The molecule has 0 amide bonds. The van der Waals surface area contributed by atoms with Gasteiger partial charge < -0.3 is 10.4 Å². The first kappa shape index (κ1) is 16.6. The Morgan fingerprint density at radius 3 is 2.78 bits per heavy atom. The summed E-state index contributed by atoms with van der Waals surface area (Å²) < 4.78 is 1.65. The normalized spacial score (nSPS) is 12.0. The number of rotatable bonds is 7. The van der Waals surface area contributed by atoms with Gasteiger partial charge in [0, 0.05) is 24.9 Å². The molecule has 0 spiro atoms. The van der Waals surface area contributed by atoms with Crippen LogP contribution < -0.4 is 5.32 Å². The molecule has 2 aromatic rings. The second-order valence-corrected chi connectivity index (χ2v) is 5.30. The third-order valence-corrected chi connectivity index (χ3v) is 3.42. The summed E-state index contributed by atoms with van der Waals surface area (Å²) in [4.78, 5) is 22.0. The van der Waals surface area contributed by atoms with Crippen molar-refractivity contribution >= 4 is 17.2 Å². The lowest BCUT2D eigenvalue weighted by Crippen LogP contribution is -2.26. The molecule has 1 aromatic heterocycles. The Kier molecular flexibility index (Phi) is 5.07. The fourth-order valence-electron chi connectivity index (χ4n) is 2.27. The van der Waals surface area contributed by atoms with E-state index in [0.717, 1.165) is 5.56 Å². The average molecular weight is 318 g/mol. The summed E-state index contributed by atoms with van der Waals surface area (Å²) in [5.41, 5.74) is 1.25. The van der Waals surface area contributed by atoms with E-state index in [1.807, 2.05) is 6.20 Å². The van der Waals surface area contributed by atoms with Crippen LogP contribution in [0.3, 0.4) is 0 Å². The zero-order chi connectivity index (χ0) is 17.0. The average Bonchev–Trinajstić information content (AvgIpc) is 2.91. The number of nitrogens with zero attached hydrogens (tertiary/aromatic N) is 3. The number of nitro groups is 1. The highest BCUT2D eigenvalue weighted by Gasteiger charge is 2.19. The molecule has 2 rings (SSSR count). The number of aryl methyl sites for hydroxylation is 1. The summed E-state index contributed by atoms with van der Waals surface area (Å²) in [6.45, 7) is 1.16. The summed E-state index contributed by atoms with van der Waals surface area (Å²) in [5.74, 6) is -0.242. The molecule has 1 heterocycles. The van der Waals surface area contributed by atoms with Crippen molar-refractivity contribution in [2.24, 2.45) is 7.05 Å². The second kappa shape index (κ2) is 7.01. The molecule has 0 bridgehead atoms. The van der Waals surface area contributed by atoms with Gasteiger partial charge in [-0.2, -0.15) is 5.10 Å². The summed E-state index contributed by atoms with van der Waals surface area (Å²) in [6.07, 6.45) is 3.96. The fraction of sp³-hybridized carbons (Fsp3) is 0.333. The van der Waals surface area contributed by atoms with E-state index in [-0.39, 0.29) is 29.3 Å². The van der Waals surface area contributed by atoms with Gasteiger partial charge >= 0.3 is 0 Å². The van der Waals surface area contributed by atoms with Crippen LogP contribution in [-0.4, -0.2) is 38.2 Å². The molecule has 1 unspecified atom stereocenters. The largest absolute Gasteiger partial charge is 0.394 e. The smallest absolute Gasteiger partial charge is 0.293 e. The van der Waals surface area contributed by atoms with E-state index >= 15 is 0 Å². The maximum atomic E-state index is 11.4. The lowest BCUT2D eigenvalue weighted by Gasteiger charge is -2.17. The van der Waals surface area contributed by atoms with Crippen molar-refractivity contribution in [3.63, 3.8) is 0 Å². The van der Waals surface area contributed by atoms with Crippen molar-refractivity contribution in [3.05, 3.63) is 51.8 Å². The number of hydrogen-bond donors (Lipinski definition) is 2. The minimum Gasteiger partial charge on any atom is -0.394 e. The lowest BCUT2D eigenvalue weighted by atomic mass is 10.1. The fourth-order valence-corrected chi connectivity index (χ4v) is 2.27. The highest BCUT2D eigenvalue weighted by Crippen LogP contribution is 2.27. The van der Waals surface area contributed by atoms with Crippen LogP contribution in [0.15, 0.2) is 30.6 Å². The van der Waals surface area contributed by atoms with Crippen molar-refractivity contribution in [3.8, 4) is 0 Å². The van der Waals surface area contributed by atoms with Crippen LogP contribution in [0.4, 0.5) is 11.4 Å². The molecule has 0 aliphatic carbocycles. The van der Waals surface area contributed by atoms with Gasteiger partial charge in [-0.05, 0) is 31.0 Å². The van der Waals surface area contributed by atoms with Crippen LogP contribution in [0.5, 0.6) is 0 Å². The maximum Gasteiger partial charge on any atom is 0.293 e. The molecular formula is C15H18N4O4. The van der Waals surface area contributed by atoms with Gasteiger partial charge in [-0.1, -0.05) is 0 Å². The van der Waals surface area contributed by atoms with Gasteiger partial charge in [0.15, 0.2) is 5.78 Å². The van der Waals surface area contributed by atoms with Crippen LogP contribution in [-0.2, 0) is 13.5 Å². The van der Waals surface area contributed by atoms with Gasteiger partial charge in [-0.3, -0.25) is 19.6 Å². The molecule has 0 saturated carbocycles. The topological polar surface area (TPSA) is 110 Å². The highest BCUT2D eigenvalue weighted by molar-refractivity contribution is 5.95. The van der Waals surface area contributed by atoms with Gasteiger partial charge in [0.25, 0.3) is 5.69 Å². The second-order valence-electron chi connectivity index (χ2n) is 5.30. The number of anilines is 1. The molecule has 0 radical (unpaired) electrons. The predicted octanol–water partition coefficient (Wildman–Crippen LogP) is 1.55. The van der Waals surface area contributed by atoms with E-state index in [1.54, 1.807) is 17.9 Å². The first-order valence-corrected chi connectivity index (χ1v) is 7.05. The molecule has 8 heteroatoms. The number of nitro benzene ring substituents is 1. The number of carbonyl (C=O) groups is 1. The van der Waals surface area contributed by atoms with Gasteiger partial charge in [0.2, 0.25) is 0 Å². The van der Waals surface area contributed by atoms with Gasteiger partial charge in [0.05, 0.1) is 23.8 Å². The van der Waals surface area contributed by atoms with Crippen molar-refractivity contribution < 1.29 is 14.8 Å². The SMILES string of the molecule is CC(=O)c1ccc(NC(CO)Cc2cnn(C)c2)c([N+](=O)[O-])c1. The minimum absolute atomic E-state index is 0.192. The highest BCUT2D eigenvalue weighted by atomic mass is 16.6. The van der Waals surface area contributed by atoms with Crippen LogP contribution in [0.1, 0.15) is 22.8 Å². The summed E-state index contributed by atoms with van der Waals surface area (Å²) in [7, 11) is 1.79. The van der Waals surface area contributed by atoms with E-state index in [2.05, 4.69) is 10.4 Å². The quantitative estimate of drug-likeness (QED) is 0.455. The Morgan fingerprint density at radius 2 is 2.26 bits per heavy atom. The van der Waals surface area contributed by atoms with Crippen LogP contribution in [0.25, 0.3) is 0 Å². The number of nitrogens with one attached hydrogen (secondary N) is 1. The number of aliphatic hydroxyl groups excluding tert-OH is 1. The van der Waals surface area contributed by atoms with Crippen molar-refractivity contribution in [1.82, 2.24) is 9.78 Å². The van der Waals surface area contributed by atoms with Crippen LogP contribution >= 0.6 is 0 Å². The zero-order valence-electron chi connectivity index (χ0n) is 12.9. The zero-order valence-corrected chi connectivity index (χ0v) is 12.9. The molecule has 122 valence electrons. The molecule has 1 aromatic carbocycles. The van der Waals surface area contributed by atoms with E-state index < -0.39 is 11.0 Å².